The van der Waals surface area contributed by atoms with Crippen molar-refractivity contribution in [3.8, 4) is 0 Å². The van der Waals surface area contributed by atoms with Crippen LogP contribution in [0.2, 0.25) is 0 Å². The predicted molar refractivity (Wildman–Crippen MR) is 65.2 cm³/mol. The van der Waals surface area contributed by atoms with Crippen LogP contribution in [0.3, 0.4) is 0 Å². The lowest BCUT2D eigenvalue weighted by atomic mass is 10.1. The lowest BCUT2D eigenvalue weighted by molar-refractivity contribution is -0.0253. The van der Waals surface area contributed by atoms with E-state index in [2.05, 4.69) is 15.6 Å². The summed E-state index contributed by atoms with van der Waals surface area (Å²) in [5.74, 6) is -0.298. The molecule has 0 spiro atoms. The lowest BCUT2D eigenvalue weighted by Gasteiger charge is -2.25. The third kappa shape index (κ3) is 3.49. The fourth-order valence-corrected chi connectivity index (χ4v) is 1.72. The molecule has 6 nitrogen and oxygen atoms in total. The highest BCUT2D eigenvalue weighted by Crippen LogP contribution is 2.06. The van der Waals surface area contributed by atoms with E-state index < -0.39 is 5.60 Å². The lowest BCUT2D eigenvalue weighted by Crippen LogP contribution is -2.51. The molecular weight excluding hydrogens is 234 g/mol. The van der Waals surface area contributed by atoms with Crippen LogP contribution in [0.15, 0.2) is 24.4 Å². The second kappa shape index (κ2) is 5.90. The Labute approximate surface area is 105 Å². The molecule has 0 bridgehead atoms. The number of aromatic nitrogens is 1. The second-order valence-corrected chi connectivity index (χ2v) is 4.35. The molecule has 1 atom stereocenters. The average molecular weight is 251 g/mol. The summed E-state index contributed by atoms with van der Waals surface area (Å²) >= 11 is 0. The molecule has 0 unspecified atom stereocenters. The van der Waals surface area contributed by atoms with Crippen LogP contribution in [0.25, 0.3) is 0 Å². The monoisotopic (exact) mass is 251 g/mol. The van der Waals surface area contributed by atoms with Gasteiger partial charge in [0.25, 0.3) is 5.91 Å². The van der Waals surface area contributed by atoms with Crippen molar-refractivity contribution >= 4 is 5.91 Å². The van der Waals surface area contributed by atoms with Crippen molar-refractivity contribution in [2.45, 2.75) is 5.60 Å². The Bertz CT molecular complexity index is 389. The van der Waals surface area contributed by atoms with Crippen molar-refractivity contribution in [1.29, 1.82) is 0 Å². The zero-order valence-electron chi connectivity index (χ0n) is 10.1. The summed E-state index contributed by atoms with van der Waals surface area (Å²) in [7, 11) is 0. The zero-order valence-corrected chi connectivity index (χ0v) is 10.1. The molecule has 98 valence electrons. The molecule has 1 aliphatic heterocycles. The van der Waals surface area contributed by atoms with E-state index in [0.717, 1.165) is 0 Å². The number of hydrogen-bond acceptors (Lipinski definition) is 5. The van der Waals surface area contributed by atoms with E-state index in [0.29, 0.717) is 25.4 Å². The standard InChI is InChI=1S/C12H17N3O3/c16-11(10-3-1-2-4-14-10)15-8-12(17)7-13-5-6-18-9-12/h1-4,13,17H,5-9H2,(H,15,16)/t12-/m1/s1. The summed E-state index contributed by atoms with van der Waals surface area (Å²) in [6.45, 7) is 2.01. The fraction of sp³-hybridized carbons (Fsp3) is 0.500. The summed E-state index contributed by atoms with van der Waals surface area (Å²) in [5.41, 5.74) is -0.732. The van der Waals surface area contributed by atoms with Crippen molar-refractivity contribution in [3.63, 3.8) is 0 Å². The van der Waals surface area contributed by atoms with Crippen LogP contribution < -0.4 is 10.6 Å². The van der Waals surface area contributed by atoms with Gasteiger partial charge in [-0.15, -0.1) is 0 Å². The Balaban J connectivity index is 1.88. The first-order chi connectivity index (χ1) is 8.70. The molecule has 0 radical (unpaired) electrons. The first kappa shape index (κ1) is 12.9. The van der Waals surface area contributed by atoms with Gasteiger partial charge in [-0.25, -0.2) is 0 Å². The Morgan fingerprint density at radius 3 is 3.28 bits per heavy atom. The molecule has 1 aromatic rings. The maximum atomic E-state index is 11.8. The Morgan fingerprint density at radius 1 is 1.61 bits per heavy atom. The van der Waals surface area contributed by atoms with Crippen LogP contribution in [-0.4, -0.2) is 54.4 Å². The highest BCUT2D eigenvalue weighted by atomic mass is 16.5. The first-order valence-corrected chi connectivity index (χ1v) is 5.90. The van der Waals surface area contributed by atoms with Gasteiger partial charge in [-0.05, 0) is 12.1 Å². The number of ether oxygens (including phenoxy) is 1. The third-order valence-corrected chi connectivity index (χ3v) is 2.72. The summed E-state index contributed by atoms with van der Waals surface area (Å²) in [6, 6.07) is 5.11. The van der Waals surface area contributed by atoms with Gasteiger partial charge < -0.3 is 20.5 Å². The van der Waals surface area contributed by atoms with Crippen molar-refractivity contribution in [2.75, 3.05) is 32.8 Å². The summed E-state index contributed by atoms with van der Waals surface area (Å²) in [6.07, 6.45) is 1.56. The number of carbonyl (C=O) groups excluding carboxylic acids is 1. The highest BCUT2D eigenvalue weighted by Gasteiger charge is 2.29. The number of nitrogens with one attached hydrogen (secondary N) is 2. The molecule has 1 amide bonds. The van der Waals surface area contributed by atoms with E-state index in [1.54, 1.807) is 24.4 Å². The fourth-order valence-electron chi connectivity index (χ4n) is 1.72. The molecule has 1 saturated heterocycles. The van der Waals surface area contributed by atoms with Gasteiger partial charge in [0.2, 0.25) is 0 Å². The van der Waals surface area contributed by atoms with Crippen LogP contribution in [0.4, 0.5) is 0 Å². The van der Waals surface area contributed by atoms with Gasteiger partial charge in [0.05, 0.1) is 19.8 Å². The van der Waals surface area contributed by atoms with Crippen molar-refractivity contribution in [1.82, 2.24) is 15.6 Å². The van der Waals surface area contributed by atoms with Crippen molar-refractivity contribution in [2.24, 2.45) is 0 Å². The largest absolute Gasteiger partial charge is 0.384 e. The molecule has 0 aromatic carbocycles. The molecule has 2 heterocycles. The van der Waals surface area contributed by atoms with Gasteiger partial charge in [0, 0.05) is 19.3 Å². The number of amides is 1. The molecule has 0 saturated carbocycles. The van der Waals surface area contributed by atoms with Gasteiger partial charge in [-0.3, -0.25) is 9.78 Å². The van der Waals surface area contributed by atoms with E-state index in [1.165, 1.54) is 0 Å². The normalized spacial score (nSPS) is 24.3. The van der Waals surface area contributed by atoms with Gasteiger partial charge in [-0.2, -0.15) is 0 Å². The predicted octanol–water partition coefficient (Wildman–Crippen LogP) is -0.838. The number of hydrogen-bond donors (Lipinski definition) is 3. The Hall–Kier alpha value is -1.50. The summed E-state index contributed by atoms with van der Waals surface area (Å²) < 4.78 is 5.27. The maximum absolute atomic E-state index is 11.8. The van der Waals surface area contributed by atoms with Gasteiger partial charge >= 0.3 is 0 Å². The molecule has 2 rings (SSSR count). The van der Waals surface area contributed by atoms with E-state index >= 15 is 0 Å². The number of pyridine rings is 1. The minimum Gasteiger partial charge on any atom is -0.384 e. The molecule has 1 aliphatic rings. The molecule has 18 heavy (non-hydrogen) atoms. The highest BCUT2D eigenvalue weighted by molar-refractivity contribution is 5.92. The topological polar surface area (TPSA) is 83.5 Å². The zero-order chi connectivity index (χ0) is 12.8. The van der Waals surface area contributed by atoms with Crippen LogP contribution in [-0.2, 0) is 4.74 Å². The first-order valence-electron chi connectivity index (χ1n) is 5.90. The third-order valence-electron chi connectivity index (χ3n) is 2.72. The Morgan fingerprint density at radius 2 is 2.50 bits per heavy atom. The van der Waals surface area contributed by atoms with E-state index in [-0.39, 0.29) is 19.1 Å². The van der Waals surface area contributed by atoms with Crippen LogP contribution >= 0.6 is 0 Å². The van der Waals surface area contributed by atoms with Crippen LogP contribution in [0, 0.1) is 0 Å². The minimum atomic E-state index is -1.07. The number of nitrogens with zero attached hydrogens (tertiary/aromatic N) is 1. The molecule has 3 N–H and O–H groups in total. The quantitative estimate of drug-likeness (QED) is 0.652. The van der Waals surface area contributed by atoms with Gasteiger partial charge in [0.1, 0.15) is 11.3 Å². The molecule has 0 aliphatic carbocycles. The molecular formula is C12H17N3O3. The van der Waals surface area contributed by atoms with E-state index in [4.69, 9.17) is 4.74 Å². The molecule has 1 aromatic heterocycles. The van der Waals surface area contributed by atoms with Crippen molar-refractivity contribution in [3.05, 3.63) is 30.1 Å². The average Bonchev–Trinajstić information content (AvgIpc) is 2.62. The SMILES string of the molecule is O=C(NC[C@]1(O)CNCCOC1)c1ccccn1. The Kier molecular flexibility index (Phi) is 4.24. The summed E-state index contributed by atoms with van der Waals surface area (Å²) in [5, 5.41) is 15.9. The van der Waals surface area contributed by atoms with Crippen molar-refractivity contribution < 1.29 is 14.6 Å². The van der Waals surface area contributed by atoms with Gasteiger partial charge in [-0.1, -0.05) is 6.07 Å². The smallest absolute Gasteiger partial charge is 0.269 e. The maximum Gasteiger partial charge on any atom is 0.269 e. The number of carbonyl (C=O) groups is 1. The van der Waals surface area contributed by atoms with Crippen LogP contribution in [0.5, 0.6) is 0 Å². The number of rotatable bonds is 3. The minimum absolute atomic E-state index is 0.134. The second-order valence-electron chi connectivity index (χ2n) is 4.35. The summed E-state index contributed by atoms with van der Waals surface area (Å²) in [4.78, 5) is 15.7. The van der Waals surface area contributed by atoms with Crippen LogP contribution in [0.1, 0.15) is 10.5 Å². The van der Waals surface area contributed by atoms with E-state index in [1.807, 2.05) is 0 Å². The molecule has 6 heteroatoms. The van der Waals surface area contributed by atoms with E-state index in [9.17, 15) is 9.90 Å². The molecule has 1 fully saturated rings. The number of aliphatic hydroxyl groups is 1. The number of β-amino-alcohol motifs (C(OH)–C–C–N with tert-alkyl or cyclic N) is 1. The van der Waals surface area contributed by atoms with Gasteiger partial charge in [0.15, 0.2) is 0 Å².